The van der Waals surface area contributed by atoms with E-state index >= 15 is 0 Å². The Morgan fingerprint density at radius 2 is 1.86 bits per heavy atom. The van der Waals surface area contributed by atoms with Crippen molar-refractivity contribution in [2.24, 2.45) is 5.73 Å². The van der Waals surface area contributed by atoms with Crippen molar-refractivity contribution in [3.63, 3.8) is 0 Å². The molecule has 3 heteroatoms. The van der Waals surface area contributed by atoms with Gasteiger partial charge in [0.25, 0.3) is 0 Å². The van der Waals surface area contributed by atoms with Crippen molar-refractivity contribution in [3.8, 4) is 11.5 Å². The molecule has 2 aromatic rings. The summed E-state index contributed by atoms with van der Waals surface area (Å²) in [6.45, 7) is 6.25. The first kappa shape index (κ1) is 15.9. The molecule has 0 aliphatic heterocycles. The van der Waals surface area contributed by atoms with Crippen molar-refractivity contribution in [3.05, 3.63) is 58.1 Å². The van der Waals surface area contributed by atoms with E-state index in [9.17, 15) is 0 Å². The molecule has 112 valence electrons. The van der Waals surface area contributed by atoms with Crippen molar-refractivity contribution in [1.82, 2.24) is 0 Å². The molecule has 0 aliphatic carbocycles. The number of rotatable bonds is 5. The number of ether oxygens (including phenoxy) is 1. The second-order valence-corrected chi connectivity index (χ2v) is 5.91. The van der Waals surface area contributed by atoms with Gasteiger partial charge in [-0.05, 0) is 73.7 Å². The van der Waals surface area contributed by atoms with Gasteiger partial charge in [-0.2, -0.15) is 0 Å². The van der Waals surface area contributed by atoms with Crippen LogP contribution in [0.25, 0.3) is 0 Å². The maximum absolute atomic E-state index is 6.10. The van der Waals surface area contributed by atoms with Crippen molar-refractivity contribution < 1.29 is 4.74 Å². The molecular formula is C18H22ClNO. The summed E-state index contributed by atoms with van der Waals surface area (Å²) in [5.41, 5.74) is 9.59. The third-order valence-corrected chi connectivity index (χ3v) is 3.97. The zero-order valence-electron chi connectivity index (χ0n) is 12.8. The van der Waals surface area contributed by atoms with Gasteiger partial charge in [0.2, 0.25) is 0 Å². The van der Waals surface area contributed by atoms with Crippen LogP contribution in [0.5, 0.6) is 11.5 Å². The minimum absolute atomic E-state index is 0.116. The predicted octanol–water partition coefficient (Wildman–Crippen LogP) is 5.03. The molecule has 0 fully saturated rings. The van der Waals surface area contributed by atoms with E-state index in [-0.39, 0.29) is 6.04 Å². The van der Waals surface area contributed by atoms with Crippen molar-refractivity contribution in [2.45, 2.75) is 39.7 Å². The van der Waals surface area contributed by atoms with Crippen LogP contribution in [-0.2, 0) is 6.42 Å². The minimum atomic E-state index is 0.116. The molecule has 0 spiro atoms. The number of hydrogen-bond donors (Lipinski definition) is 1. The smallest absolute Gasteiger partial charge is 0.130 e. The normalized spacial score (nSPS) is 12.2. The molecule has 0 heterocycles. The predicted molar refractivity (Wildman–Crippen MR) is 89.4 cm³/mol. The molecule has 2 aromatic carbocycles. The lowest BCUT2D eigenvalue weighted by Gasteiger charge is -2.15. The molecule has 1 atom stereocenters. The highest BCUT2D eigenvalue weighted by Crippen LogP contribution is 2.30. The van der Waals surface area contributed by atoms with Gasteiger partial charge in [0.05, 0.1) is 0 Å². The topological polar surface area (TPSA) is 35.2 Å². The summed E-state index contributed by atoms with van der Waals surface area (Å²) in [5, 5.41) is 0.709. The van der Waals surface area contributed by atoms with E-state index < -0.39 is 0 Å². The largest absolute Gasteiger partial charge is 0.457 e. The molecule has 21 heavy (non-hydrogen) atoms. The lowest BCUT2D eigenvalue weighted by Crippen LogP contribution is -2.21. The van der Waals surface area contributed by atoms with Crippen LogP contribution in [-0.4, -0.2) is 6.04 Å². The van der Waals surface area contributed by atoms with Gasteiger partial charge in [0.15, 0.2) is 0 Å². The maximum Gasteiger partial charge on any atom is 0.130 e. The molecule has 2 nitrogen and oxygen atoms in total. The number of nitrogens with two attached hydrogens (primary N) is 1. The zero-order valence-corrected chi connectivity index (χ0v) is 13.6. The number of benzene rings is 2. The summed E-state index contributed by atoms with van der Waals surface area (Å²) in [6.07, 6.45) is 1.69. The highest BCUT2D eigenvalue weighted by atomic mass is 35.5. The maximum atomic E-state index is 6.10. The fourth-order valence-corrected chi connectivity index (χ4v) is 2.33. The second-order valence-electron chi connectivity index (χ2n) is 5.47. The monoisotopic (exact) mass is 303 g/mol. The van der Waals surface area contributed by atoms with Crippen LogP contribution >= 0.6 is 11.6 Å². The van der Waals surface area contributed by atoms with E-state index in [0.29, 0.717) is 5.02 Å². The van der Waals surface area contributed by atoms with Crippen LogP contribution in [0.3, 0.4) is 0 Å². The van der Waals surface area contributed by atoms with E-state index in [1.54, 1.807) is 0 Å². The lowest BCUT2D eigenvalue weighted by atomic mass is 10.0. The molecule has 0 aliphatic rings. The Balaban J connectivity index is 2.28. The van der Waals surface area contributed by atoms with Crippen LogP contribution in [0.1, 0.15) is 30.0 Å². The Kier molecular flexibility index (Phi) is 5.27. The molecule has 2 rings (SSSR count). The first-order valence-electron chi connectivity index (χ1n) is 7.28. The summed E-state index contributed by atoms with van der Waals surface area (Å²) in [7, 11) is 0. The summed E-state index contributed by atoms with van der Waals surface area (Å²) in [4.78, 5) is 0. The van der Waals surface area contributed by atoms with Crippen LogP contribution < -0.4 is 10.5 Å². The van der Waals surface area contributed by atoms with Gasteiger partial charge in [-0.3, -0.25) is 0 Å². The van der Waals surface area contributed by atoms with Crippen molar-refractivity contribution in [1.29, 1.82) is 0 Å². The van der Waals surface area contributed by atoms with E-state index in [1.807, 2.05) is 30.3 Å². The van der Waals surface area contributed by atoms with Gasteiger partial charge in [-0.15, -0.1) is 0 Å². The van der Waals surface area contributed by atoms with E-state index in [0.717, 1.165) is 29.9 Å². The molecule has 2 N–H and O–H groups in total. The van der Waals surface area contributed by atoms with Gasteiger partial charge in [0.1, 0.15) is 11.5 Å². The third kappa shape index (κ3) is 4.23. The fourth-order valence-electron chi connectivity index (χ4n) is 2.14. The second kappa shape index (κ2) is 6.97. The molecule has 1 unspecified atom stereocenters. The van der Waals surface area contributed by atoms with E-state index in [1.165, 1.54) is 11.1 Å². The van der Waals surface area contributed by atoms with Gasteiger partial charge >= 0.3 is 0 Å². The zero-order chi connectivity index (χ0) is 15.4. The summed E-state index contributed by atoms with van der Waals surface area (Å²) < 4.78 is 6.03. The number of hydrogen-bond acceptors (Lipinski definition) is 2. The molecular weight excluding hydrogens is 282 g/mol. The Hall–Kier alpha value is -1.51. The Morgan fingerprint density at radius 1 is 1.10 bits per heavy atom. The van der Waals surface area contributed by atoms with Gasteiger partial charge in [-0.1, -0.05) is 24.6 Å². The van der Waals surface area contributed by atoms with Crippen molar-refractivity contribution >= 4 is 11.6 Å². The van der Waals surface area contributed by atoms with Gasteiger partial charge in [-0.25, -0.2) is 0 Å². The first-order valence-corrected chi connectivity index (χ1v) is 7.66. The van der Waals surface area contributed by atoms with Crippen LogP contribution in [0, 0.1) is 13.8 Å². The lowest BCUT2D eigenvalue weighted by molar-refractivity contribution is 0.471. The van der Waals surface area contributed by atoms with Crippen molar-refractivity contribution in [2.75, 3.05) is 0 Å². The van der Waals surface area contributed by atoms with E-state index in [2.05, 4.69) is 26.8 Å². The average Bonchev–Trinajstić information content (AvgIpc) is 2.45. The average molecular weight is 304 g/mol. The third-order valence-electron chi connectivity index (χ3n) is 3.74. The quantitative estimate of drug-likeness (QED) is 0.841. The summed E-state index contributed by atoms with van der Waals surface area (Å²) in [6, 6.07) is 11.9. The first-order chi connectivity index (χ1) is 9.99. The molecule has 0 saturated heterocycles. The number of halogens is 1. The summed E-state index contributed by atoms with van der Waals surface area (Å²) >= 11 is 6.10. The van der Waals surface area contributed by atoms with E-state index in [4.69, 9.17) is 22.1 Å². The number of aryl methyl sites for hydroxylation is 2. The Bertz CT molecular complexity index is 625. The van der Waals surface area contributed by atoms with Crippen LogP contribution in [0.4, 0.5) is 0 Å². The molecule has 0 amide bonds. The minimum Gasteiger partial charge on any atom is -0.457 e. The Morgan fingerprint density at radius 3 is 2.52 bits per heavy atom. The highest BCUT2D eigenvalue weighted by Gasteiger charge is 2.10. The van der Waals surface area contributed by atoms with Gasteiger partial charge in [0, 0.05) is 11.1 Å². The molecule has 0 saturated carbocycles. The SMILES string of the molecule is CCC(N)Cc1cc(Cl)ccc1Oc1ccc(C)c(C)c1. The molecule has 0 aromatic heterocycles. The summed E-state index contributed by atoms with van der Waals surface area (Å²) in [5.74, 6) is 1.67. The Labute approximate surface area is 131 Å². The van der Waals surface area contributed by atoms with Crippen LogP contribution in [0.2, 0.25) is 5.02 Å². The standard InChI is InChI=1S/C18H22ClNO/c1-4-16(20)11-14-10-15(19)6-8-18(14)21-17-7-5-12(2)13(3)9-17/h5-10,16H,4,11,20H2,1-3H3. The fraction of sp³-hybridized carbons (Fsp3) is 0.333. The highest BCUT2D eigenvalue weighted by molar-refractivity contribution is 6.30. The van der Waals surface area contributed by atoms with Crippen LogP contribution in [0.15, 0.2) is 36.4 Å². The van der Waals surface area contributed by atoms with Gasteiger partial charge < -0.3 is 10.5 Å². The molecule has 0 bridgehead atoms. The molecule has 0 radical (unpaired) electrons.